The maximum absolute atomic E-state index is 10.8. The van der Waals surface area contributed by atoms with Gasteiger partial charge in [-0.15, -0.1) is 0 Å². The second-order valence-electron chi connectivity index (χ2n) is 3.55. The van der Waals surface area contributed by atoms with Gasteiger partial charge in [-0.2, -0.15) is 11.8 Å². The molecule has 3 atom stereocenters. The first-order valence-corrected chi connectivity index (χ1v) is 6.29. The van der Waals surface area contributed by atoms with Crippen LogP contribution in [0.15, 0.2) is 0 Å². The van der Waals surface area contributed by atoms with E-state index in [1.807, 2.05) is 13.8 Å². The van der Waals surface area contributed by atoms with Crippen molar-refractivity contribution in [2.45, 2.75) is 44.6 Å². The van der Waals surface area contributed by atoms with Crippen molar-refractivity contribution in [1.82, 2.24) is 5.32 Å². The van der Waals surface area contributed by atoms with E-state index >= 15 is 0 Å². The molecule has 0 amide bonds. The van der Waals surface area contributed by atoms with Gasteiger partial charge < -0.3 is 15.5 Å². The number of carbonyl (C=O) groups is 1. The van der Waals surface area contributed by atoms with Crippen molar-refractivity contribution in [1.29, 1.82) is 0 Å². The lowest BCUT2D eigenvalue weighted by Crippen LogP contribution is -2.37. The number of likely N-dealkylation sites (N-methyl/N-ethyl adjacent to an activating group) is 1. The minimum Gasteiger partial charge on any atom is -0.480 e. The number of hydrogen-bond acceptors (Lipinski definition) is 4. The van der Waals surface area contributed by atoms with Gasteiger partial charge in [-0.25, -0.2) is 0 Å². The van der Waals surface area contributed by atoms with E-state index < -0.39 is 12.0 Å². The monoisotopic (exact) mass is 235 g/mol. The van der Waals surface area contributed by atoms with Gasteiger partial charge >= 0.3 is 5.97 Å². The van der Waals surface area contributed by atoms with Gasteiger partial charge in [-0.1, -0.05) is 13.8 Å². The van der Waals surface area contributed by atoms with E-state index in [0.717, 1.165) is 5.75 Å². The molecule has 0 aromatic heterocycles. The summed E-state index contributed by atoms with van der Waals surface area (Å²) in [4.78, 5) is 10.8. The average molecular weight is 235 g/mol. The van der Waals surface area contributed by atoms with Crippen LogP contribution in [0.3, 0.4) is 0 Å². The fourth-order valence-electron chi connectivity index (χ4n) is 1.07. The second kappa shape index (κ2) is 7.96. The third kappa shape index (κ3) is 6.76. The van der Waals surface area contributed by atoms with E-state index in [1.165, 1.54) is 0 Å². The molecule has 0 aliphatic carbocycles. The summed E-state index contributed by atoms with van der Waals surface area (Å²) in [7, 11) is 0. The van der Waals surface area contributed by atoms with Crippen LogP contribution in [0.1, 0.15) is 27.2 Å². The molecular weight excluding hydrogens is 214 g/mol. The third-order valence-electron chi connectivity index (χ3n) is 2.22. The van der Waals surface area contributed by atoms with Gasteiger partial charge in [-0.05, 0) is 25.6 Å². The quantitative estimate of drug-likeness (QED) is 0.584. The molecule has 0 saturated heterocycles. The lowest BCUT2D eigenvalue weighted by molar-refractivity contribution is -0.139. The van der Waals surface area contributed by atoms with Gasteiger partial charge in [-0.3, -0.25) is 4.79 Å². The van der Waals surface area contributed by atoms with E-state index in [2.05, 4.69) is 5.32 Å². The van der Waals surface area contributed by atoms with Gasteiger partial charge in [0.25, 0.3) is 0 Å². The highest BCUT2D eigenvalue weighted by Gasteiger charge is 2.16. The van der Waals surface area contributed by atoms with Crippen molar-refractivity contribution < 1.29 is 15.0 Å². The summed E-state index contributed by atoms with van der Waals surface area (Å²) >= 11 is 1.60. The molecule has 0 rings (SSSR count). The SMILES string of the molecule is CCNC(CCSC(C)C(C)O)C(=O)O. The van der Waals surface area contributed by atoms with Gasteiger partial charge in [0.15, 0.2) is 0 Å². The molecule has 3 N–H and O–H groups in total. The summed E-state index contributed by atoms with van der Waals surface area (Å²) in [5.41, 5.74) is 0. The minimum atomic E-state index is -0.804. The smallest absolute Gasteiger partial charge is 0.320 e. The van der Waals surface area contributed by atoms with E-state index in [0.29, 0.717) is 13.0 Å². The molecule has 15 heavy (non-hydrogen) atoms. The number of thioether (sulfide) groups is 1. The minimum absolute atomic E-state index is 0.154. The fraction of sp³-hybridized carbons (Fsp3) is 0.900. The second-order valence-corrected chi connectivity index (χ2v) is 5.04. The molecule has 0 aromatic rings. The van der Waals surface area contributed by atoms with E-state index in [9.17, 15) is 9.90 Å². The number of carboxylic acids is 1. The summed E-state index contributed by atoms with van der Waals surface area (Å²) in [6.07, 6.45) is 0.239. The molecule has 0 aliphatic heterocycles. The van der Waals surface area contributed by atoms with Gasteiger partial charge in [0.05, 0.1) is 6.10 Å². The Hall–Kier alpha value is -0.260. The first-order chi connectivity index (χ1) is 6.99. The number of rotatable bonds is 8. The lowest BCUT2D eigenvalue weighted by Gasteiger charge is -2.16. The molecule has 0 heterocycles. The Morgan fingerprint density at radius 2 is 2.07 bits per heavy atom. The lowest BCUT2D eigenvalue weighted by atomic mass is 10.2. The number of hydrogen-bond donors (Lipinski definition) is 3. The van der Waals surface area contributed by atoms with Gasteiger partial charge in [0.1, 0.15) is 6.04 Å². The summed E-state index contributed by atoms with van der Waals surface area (Å²) in [6, 6.07) is -0.469. The molecule has 5 heteroatoms. The average Bonchev–Trinajstić information content (AvgIpc) is 2.15. The Morgan fingerprint density at radius 3 is 2.47 bits per heavy atom. The van der Waals surface area contributed by atoms with Crippen LogP contribution < -0.4 is 5.32 Å². The zero-order chi connectivity index (χ0) is 11.8. The maximum atomic E-state index is 10.8. The Kier molecular flexibility index (Phi) is 7.82. The highest BCUT2D eigenvalue weighted by atomic mass is 32.2. The zero-order valence-electron chi connectivity index (χ0n) is 9.56. The first-order valence-electron chi connectivity index (χ1n) is 5.24. The Balaban J connectivity index is 3.75. The molecule has 0 bridgehead atoms. The van der Waals surface area contributed by atoms with Crippen LogP contribution in [0.5, 0.6) is 0 Å². The Morgan fingerprint density at radius 1 is 1.47 bits per heavy atom. The van der Waals surface area contributed by atoms with Crippen molar-refractivity contribution >= 4 is 17.7 Å². The zero-order valence-corrected chi connectivity index (χ0v) is 10.4. The molecule has 3 unspecified atom stereocenters. The summed E-state index contributed by atoms with van der Waals surface area (Å²) in [5, 5.41) is 21.2. The van der Waals surface area contributed by atoms with Crippen molar-refractivity contribution in [2.75, 3.05) is 12.3 Å². The highest BCUT2D eigenvalue weighted by Crippen LogP contribution is 2.15. The van der Waals surface area contributed by atoms with Crippen molar-refractivity contribution in [3.63, 3.8) is 0 Å². The molecule has 0 spiro atoms. The predicted molar refractivity (Wildman–Crippen MR) is 63.3 cm³/mol. The third-order valence-corrected chi connectivity index (χ3v) is 3.61. The molecular formula is C10H21NO3S. The molecule has 0 aliphatic rings. The number of aliphatic hydroxyl groups is 1. The van der Waals surface area contributed by atoms with Crippen LogP contribution in [0.25, 0.3) is 0 Å². The summed E-state index contributed by atoms with van der Waals surface area (Å²) in [5.74, 6) is -0.0575. The number of aliphatic hydroxyl groups excluding tert-OH is 1. The Labute approximate surface area is 95.4 Å². The largest absolute Gasteiger partial charge is 0.480 e. The predicted octanol–water partition coefficient (Wildman–Crippen LogP) is 0.942. The van der Waals surface area contributed by atoms with Crippen molar-refractivity contribution in [3.05, 3.63) is 0 Å². The van der Waals surface area contributed by atoms with Crippen molar-refractivity contribution in [2.24, 2.45) is 0 Å². The molecule has 0 fully saturated rings. The van der Waals surface area contributed by atoms with Crippen LogP contribution in [-0.4, -0.2) is 45.9 Å². The topological polar surface area (TPSA) is 69.6 Å². The van der Waals surface area contributed by atoms with Crippen LogP contribution in [-0.2, 0) is 4.79 Å². The molecule has 90 valence electrons. The van der Waals surface area contributed by atoms with Crippen molar-refractivity contribution in [3.8, 4) is 0 Å². The standard InChI is InChI=1S/C10H21NO3S/c1-4-11-9(10(13)14)5-6-15-8(3)7(2)12/h7-9,11-12H,4-6H2,1-3H3,(H,13,14). The number of carboxylic acid groups (broad SMARTS) is 1. The van der Waals surface area contributed by atoms with Gasteiger partial charge in [0, 0.05) is 5.25 Å². The van der Waals surface area contributed by atoms with Crippen LogP contribution in [0.2, 0.25) is 0 Å². The fourth-order valence-corrected chi connectivity index (χ4v) is 2.09. The van der Waals surface area contributed by atoms with Gasteiger partial charge in [0.2, 0.25) is 0 Å². The number of nitrogens with one attached hydrogen (secondary N) is 1. The maximum Gasteiger partial charge on any atom is 0.320 e. The number of aliphatic carboxylic acids is 1. The Bertz CT molecular complexity index is 188. The molecule has 0 saturated carbocycles. The van der Waals surface area contributed by atoms with Crippen LogP contribution in [0.4, 0.5) is 0 Å². The van der Waals surface area contributed by atoms with E-state index in [-0.39, 0.29) is 11.4 Å². The highest BCUT2D eigenvalue weighted by molar-refractivity contribution is 7.99. The molecule has 4 nitrogen and oxygen atoms in total. The van der Waals surface area contributed by atoms with E-state index in [1.54, 1.807) is 18.7 Å². The molecule has 0 radical (unpaired) electrons. The van der Waals surface area contributed by atoms with E-state index in [4.69, 9.17) is 5.11 Å². The first kappa shape index (κ1) is 14.7. The normalized spacial score (nSPS) is 17.1. The summed E-state index contributed by atoms with van der Waals surface area (Å²) in [6.45, 7) is 6.24. The summed E-state index contributed by atoms with van der Waals surface area (Å²) < 4.78 is 0. The molecule has 0 aromatic carbocycles. The van der Waals surface area contributed by atoms with Crippen LogP contribution >= 0.6 is 11.8 Å². The van der Waals surface area contributed by atoms with Crippen LogP contribution in [0, 0.1) is 0 Å².